The van der Waals surface area contributed by atoms with Gasteiger partial charge in [-0.25, -0.2) is 0 Å². The minimum atomic E-state index is -0.690. The van der Waals surface area contributed by atoms with Crippen LogP contribution in [0.25, 0.3) is 0 Å². The van der Waals surface area contributed by atoms with Crippen molar-refractivity contribution in [2.75, 3.05) is 14.2 Å². The van der Waals surface area contributed by atoms with Gasteiger partial charge in [0.05, 0.1) is 14.2 Å². The fourth-order valence-corrected chi connectivity index (χ4v) is 2.34. The van der Waals surface area contributed by atoms with E-state index in [9.17, 15) is 5.11 Å². The van der Waals surface area contributed by atoms with E-state index >= 15 is 0 Å². The van der Waals surface area contributed by atoms with Crippen molar-refractivity contribution >= 4 is 0 Å². The highest BCUT2D eigenvalue weighted by Gasteiger charge is 2.13. The summed E-state index contributed by atoms with van der Waals surface area (Å²) >= 11 is 0. The summed E-state index contributed by atoms with van der Waals surface area (Å²) in [5.74, 6) is 1.34. The van der Waals surface area contributed by atoms with Crippen LogP contribution in [-0.4, -0.2) is 19.3 Å². The molecule has 0 radical (unpaired) electrons. The van der Waals surface area contributed by atoms with E-state index in [1.807, 2.05) is 24.3 Å². The second-order valence-electron chi connectivity index (χ2n) is 5.04. The molecule has 0 amide bonds. The van der Waals surface area contributed by atoms with Crippen LogP contribution in [0.2, 0.25) is 0 Å². The van der Waals surface area contributed by atoms with Gasteiger partial charge in [-0.3, -0.25) is 0 Å². The van der Waals surface area contributed by atoms with Gasteiger partial charge < -0.3 is 14.6 Å². The van der Waals surface area contributed by atoms with Crippen LogP contribution in [-0.2, 0) is 6.42 Å². The quantitative estimate of drug-likeness (QED) is 0.879. The first-order chi connectivity index (χ1) is 10.2. The van der Waals surface area contributed by atoms with Crippen molar-refractivity contribution in [2.45, 2.75) is 25.9 Å². The van der Waals surface area contributed by atoms with Gasteiger partial charge in [0.25, 0.3) is 0 Å². The van der Waals surface area contributed by atoms with Crippen molar-refractivity contribution in [3.8, 4) is 11.5 Å². The molecule has 0 aliphatic rings. The lowest BCUT2D eigenvalue weighted by molar-refractivity contribution is 0.219. The van der Waals surface area contributed by atoms with Crippen LogP contribution in [0.5, 0.6) is 11.5 Å². The summed E-state index contributed by atoms with van der Waals surface area (Å²) in [4.78, 5) is 0. The molecular formula is C18H22O3. The van der Waals surface area contributed by atoms with Crippen molar-refractivity contribution in [2.24, 2.45) is 0 Å². The molecule has 3 nitrogen and oxygen atoms in total. The zero-order valence-corrected chi connectivity index (χ0v) is 12.8. The SMILES string of the molecule is CCCc1ccc(C(O)c2cc(OC)cc(OC)c2)cc1. The highest BCUT2D eigenvalue weighted by Crippen LogP contribution is 2.30. The monoisotopic (exact) mass is 286 g/mol. The van der Waals surface area contributed by atoms with Crippen molar-refractivity contribution < 1.29 is 14.6 Å². The maximum atomic E-state index is 10.5. The van der Waals surface area contributed by atoms with Crippen LogP contribution in [0.15, 0.2) is 42.5 Å². The Kier molecular flexibility index (Phi) is 5.23. The maximum Gasteiger partial charge on any atom is 0.122 e. The van der Waals surface area contributed by atoms with E-state index in [1.165, 1.54) is 5.56 Å². The fourth-order valence-electron chi connectivity index (χ4n) is 2.34. The number of aryl methyl sites for hydroxylation is 1. The second-order valence-corrected chi connectivity index (χ2v) is 5.04. The van der Waals surface area contributed by atoms with E-state index < -0.39 is 6.10 Å². The van der Waals surface area contributed by atoms with E-state index in [4.69, 9.17) is 9.47 Å². The molecule has 0 aliphatic carbocycles. The Balaban J connectivity index is 2.28. The van der Waals surface area contributed by atoms with Crippen molar-refractivity contribution in [3.05, 3.63) is 59.2 Å². The summed E-state index contributed by atoms with van der Waals surface area (Å²) in [5, 5.41) is 10.5. The Labute approximate surface area is 126 Å². The van der Waals surface area contributed by atoms with E-state index in [1.54, 1.807) is 20.3 Å². The Morgan fingerprint density at radius 1 is 0.905 bits per heavy atom. The third-order valence-electron chi connectivity index (χ3n) is 3.52. The van der Waals surface area contributed by atoms with Crippen molar-refractivity contribution in [1.29, 1.82) is 0 Å². The highest BCUT2D eigenvalue weighted by atomic mass is 16.5. The molecule has 0 saturated heterocycles. The van der Waals surface area contributed by atoms with E-state index in [2.05, 4.69) is 19.1 Å². The summed E-state index contributed by atoms with van der Waals surface area (Å²) in [6.45, 7) is 2.16. The Morgan fingerprint density at radius 3 is 1.95 bits per heavy atom. The normalized spacial score (nSPS) is 12.0. The van der Waals surface area contributed by atoms with E-state index in [-0.39, 0.29) is 0 Å². The van der Waals surface area contributed by atoms with E-state index in [0.717, 1.165) is 24.0 Å². The number of aliphatic hydroxyl groups is 1. The standard InChI is InChI=1S/C18H22O3/c1-4-5-13-6-8-14(9-7-13)18(19)15-10-16(20-2)12-17(11-15)21-3/h6-12,18-19H,4-5H2,1-3H3. The maximum absolute atomic E-state index is 10.5. The third kappa shape index (κ3) is 3.76. The lowest BCUT2D eigenvalue weighted by Crippen LogP contribution is -2.01. The second kappa shape index (κ2) is 7.14. The van der Waals surface area contributed by atoms with Gasteiger partial charge in [-0.15, -0.1) is 0 Å². The molecule has 0 aliphatic heterocycles. The van der Waals surface area contributed by atoms with Gasteiger partial charge in [0, 0.05) is 6.07 Å². The highest BCUT2D eigenvalue weighted by molar-refractivity contribution is 5.42. The minimum Gasteiger partial charge on any atom is -0.497 e. The lowest BCUT2D eigenvalue weighted by atomic mass is 9.99. The van der Waals surface area contributed by atoms with Crippen molar-refractivity contribution in [3.63, 3.8) is 0 Å². The smallest absolute Gasteiger partial charge is 0.122 e. The molecule has 1 unspecified atom stereocenters. The average Bonchev–Trinajstić information content (AvgIpc) is 2.54. The number of aliphatic hydroxyl groups excluding tert-OH is 1. The number of methoxy groups -OCH3 is 2. The molecule has 1 atom stereocenters. The zero-order valence-electron chi connectivity index (χ0n) is 12.8. The molecule has 1 N–H and O–H groups in total. The van der Waals surface area contributed by atoms with Crippen LogP contribution in [0.4, 0.5) is 0 Å². The predicted octanol–water partition coefficient (Wildman–Crippen LogP) is 3.74. The van der Waals surface area contributed by atoms with Gasteiger partial charge in [-0.1, -0.05) is 37.6 Å². The molecule has 21 heavy (non-hydrogen) atoms. The molecule has 0 fully saturated rings. The van der Waals surface area contributed by atoms with Crippen LogP contribution >= 0.6 is 0 Å². The fraction of sp³-hybridized carbons (Fsp3) is 0.333. The average molecular weight is 286 g/mol. The number of hydrogen-bond acceptors (Lipinski definition) is 3. The topological polar surface area (TPSA) is 38.7 Å². The largest absolute Gasteiger partial charge is 0.497 e. The molecule has 112 valence electrons. The number of benzene rings is 2. The molecule has 2 aromatic rings. The molecule has 2 rings (SSSR count). The van der Waals surface area contributed by atoms with Gasteiger partial charge >= 0.3 is 0 Å². The lowest BCUT2D eigenvalue weighted by Gasteiger charge is -2.15. The predicted molar refractivity (Wildman–Crippen MR) is 84.0 cm³/mol. The molecule has 0 aromatic heterocycles. The van der Waals surface area contributed by atoms with Gasteiger partial charge in [0.1, 0.15) is 17.6 Å². The molecule has 0 spiro atoms. The van der Waals surface area contributed by atoms with Crippen molar-refractivity contribution in [1.82, 2.24) is 0 Å². The molecular weight excluding hydrogens is 264 g/mol. The Bertz CT molecular complexity index is 553. The van der Waals surface area contributed by atoms with Gasteiger partial charge in [-0.2, -0.15) is 0 Å². The molecule has 0 bridgehead atoms. The van der Waals surface area contributed by atoms with Crippen LogP contribution in [0.3, 0.4) is 0 Å². The Hall–Kier alpha value is -2.00. The first kappa shape index (κ1) is 15.4. The molecule has 0 saturated carbocycles. The zero-order chi connectivity index (χ0) is 15.2. The summed E-state index contributed by atoms with van der Waals surface area (Å²) in [6.07, 6.45) is 1.49. The van der Waals surface area contributed by atoms with Crippen LogP contribution in [0.1, 0.15) is 36.1 Å². The summed E-state index contributed by atoms with van der Waals surface area (Å²) in [6, 6.07) is 13.5. The van der Waals surface area contributed by atoms with Gasteiger partial charge in [0.2, 0.25) is 0 Å². The van der Waals surface area contributed by atoms with E-state index in [0.29, 0.717) is 11.5 Å². The summed E-state index contributed by atoms with van der Waals surface area (Å²) < 4.78 is 10.5. The summed E-state index contributed by atoms with van der Waals surface area (Å²) in [5.41, 5.74) is 2.91. The first-order valence-electron chi connectivity index (χ1n) is 7.17. The minimum absolute atomic E-state index is 0.672. The summed E-state index contributed by atoms with van der Waals surface area (Å²) in [7, 11) is 3.20. The number of ether oxygens (including phenoxy) is 2. The molecule has 2 aromatic carbocycles. The molecule has 0 heterocycles. The number of rotatable bonds is 6. The Morgan fingerprint density at radius 2 is 1.48 bits per heavy atom. The third-order valence-corrected chi connectivity index (χ3v) is 3.52. The van der Waals surface area contributed by atoms with Crippen LogP contribution in [0, 0.1) is 0 Å². The van der Waals surface area contributed by atoms with Gasteiger partial charge in [-0.05, 0) is 35.2 Å². The van der Waals surface area contributed by atoms with Crippen LogP contribution < -0.4 is 9.47 Å². The number of hydrogen-bond donors (Lipinski definition) is 1. The first-order valence-corrected chi connectivity index (χ1v) is 7.17. The molecule has 3 heteroatoms. The van der Waals surface area contributed by atoms with Gasteiger partial charge in [0.15, 0.2) is 0 Å².